The summed E-state index contributed by atoms with van der Waals surface area (Å²) in [6.45, 7) is -0.494. The van der Waals surface area contributed by atoms with Crippen molar-refractivity contribution in [2.45, 2.75) is 0 Å². The van der Waals surface area contributed by atoms with Crippen molar-refractivity contribution >= 4 is 29.2 Å². The Labute approximate surface area is 125 Å². The second-order valence-corrected chi connectivity index (χ2v) is 4.57. The van der Waals surface area contributed by atoms with Crippen LogP contribution in [0.5, 0.6) is 17.2 Å². The van der Waals surface area contributed by atoms with Crippen LogP contribution in [0.3, 0.4) is 0 Å². The van der Waals surface area contributed by atoms with Crippen LogP contribution in [0.1, 0.15) is 0 Å². The summed E-state index contributed by atoms with van der Waals surface area (Å²) >= 11 is 12.2. The highest BCUT2D eigenvalue weighted by Gasteiger charge is 2.15. The van der Waals surface area contributed by atoms with Crippen LogP contribution >= 0.6 is 23.2 Å². The van der Waals surface area contributed by atoms with Crippen LogP contribution in [0.25, 0.3) is 0 Å². The number of benzene rings is 2. The number of para-hydroxylation sites is 1. The van der Waals surface area contributed by atoms with Crippen LogP contribution < -0.4 is 9.47 Å². The van der Waals surface area contributed by atoms with E-state index in [0.29, 0.717) is 10.8 Å². The van der Waals surface area contributed by atoms with Crippen molar-refractivity contribution in [1.82, 2.24) is 0 Å². The van der Waals surface area contributed by atoms with E-state index in [1.807, 2.05) is 18.2 Å². The van der Waals surface area contributed by atoms with E-state index in [1.54, 1.807) is 12.1 Å². The highest BCUT2D eigenvalue weighted by molar-refractivity contribution is 6.38. The van der Waals surface area contributed by atoms with Crippen molar-refractivity contribution < 1.29 is 19.4 Å². The molecule has 1 N–H and O–H groups in total. The molecule has 0 amide bonds. The molecule has 0 spiro atoms. The lowest BCUT2D eigenvalue weighted by molar-refractivity contribution is -0.139. The van der Waals surface area contributed by atoms with Crippen molar-refractivity contribution in [3.8, 4) is 17.2 Å². The molecule has 6 heteroatoms. The molecule has 20 heavy (non-hydrogen) atoms. The van der Waals surface area contributed by atoms with E-state index in [2.05, 4.69) is 0 Å². The lowest BCUT2D eigenvalue weighted by Gasteiger charge is -2.12. The van der Waals surface area contributed by atoms with Gasteiger partial charge in [0.1, 0.15) is 16.5 Å². The molecular weight excluding hydrogens is 303 g/mol. The molecule has 0 saturated heterocycles. The number of hydrogen-bond donors (Lipinski definition) is 1. The smallest absolute Gasteiger partial charge is 0.341 e. The second-order valence-electron chi connectivity index (χ2n) is 3.79. The van der Waals surface area contributed by atoms with Crippen LogP contribution in [-0.2, 0) is 4.79 Å². The van der Waals surface area contributed by atoms with E-state index in [9.17, 15) is 4.79 Å². The van der Waals surface area contributed by atoms with Crippen LogP contribution in [0.4, 0.5) is 0 Å². The molecule has 104 valence electrons. The summed E-state index contributed by atoms with van der Waals surface area (Å²) in [6, 6.07) is 12.0. The summed E-state index contributed by atoms with van der Waals surface area (Å²) in [5, 5.41) is 9.03. The van der Waals surface area contributed by atoms with Crippen molar-refractivity contribution in [2.75, 3.05) is 6.61 Å². The quantitative estimate of drug-likeness (QED) is 0.896. The number of ether oxygens (including phenoxy) is 2. The largest absolute Gasteiger partial charge is 0.480 e. The maximum Gasteiger partial charge on any atom is 0.341 e. The zero-order valence-corrected chi connectivity index (χ0v) is 11.7. The molecule has 0 aliphatic carbocycles. The minimum Gasteiger partial charge on any atom is -0.480 e. The minimum absolute atomic E-state index is 0.127. The van der Waals surface area contributed by atoms with Gasteiger partial charge < -0.3 is 14.6 Å². The molecule has 4 nitrogen and oxygen atoms in total. The fourth-order valence-electron chi connectivity index (χ4n) is 1.47. The summed E-state index contributed by atoms with van der Waals surface area (Å²) < 4.78 is 10.7. The van der Waals surface area contributed by atoms with Gasteiger partial charge in [-0.15, -0.1) is 0 Å². The maximum atomic E-state index is 10.5. The number of halogens is 2. The van der Waals surface area contributed by atoms with Gasteiger partial charge in [-0.1, -0.05) is 41.4 Å². The summed E-state index contributed by atoms with van der Waals surface area (Å²) in [5.74, 6) is -0.111. The standard InChI is InChI=1S/C14H10Cl2O4/c15-10-6-7-11(19-8-12(17)18)13(16)14(10)20-9-4-2-1-3-5-9/h1-7H,8H2,(H,17,18). The van der Waals surface area contributed by atoms with E-state index in [4.69, 9.17) is 37.8 Å². The third-order valence-electron chi connectivity index (χ3n) is 2.33. The highest BCUT2D eigenvalue weighted by Crippen LogP contribution is 2.41. The van der Waals surface area contributed by atoms with Crippen LogP contribution in [0, 0.1) is 0 Å². The monoisotopic (exact) mass is 312 g/mol. The Morgan fingerprint density at radius 3 is 2.45 bits per heavy atom. The fraction of sp³-hybridized carbons (Fsp3) is 0.0714. The van der Waals surface area contributed by atoms with Crippen molar-refractivity contribution in [1.29, 1.82) is 0 Å². The Kier molecular flexibility index (Phi) is 4.71. The van der Waals surface area contributed by atoms with E-state index in [-0.39, 0.29) is 16.5 Å². The molecule has 0 atom stereocenters. The third-order valence-corrected chi connectivity index (χ3v) is 2.98. The van der Waals surface area contributed by atoms with Gasteiger partial charge in [-0.2, -0.15) is 0 Å². The van der Waals surface area contributed by atoms with Gasteiger partial charge in [0.15, 0.2) is 12.4 Å². The number of carboxylic acid groups (broad SMARTS) is 1. The normalized spacial score (nSPS) is 10.1. The average Bonchev–Trinajstić information content (AvgIpc) is 2.43. The van der Waals surface area contributed by atoms with Crippen molar-refractivity contribution in [3.63, 3.8) is 0 Å². The van der Waals surface area contributed by atoms with Crippen molar-refractivity contribution in [3.05, 3.63) is 52.5 Å². The Morgan fingerprint density at radius 1 is 1.10 bits per heavy atom. The molecular formula is C14H10Cl2O4. The van der Waals surface area contributed by atoms with E-state index in [1.165, 1.54) is 12.1 Å². The summed E-state index contributed by atoms with van der Waals surface area (Å²) in [6.07, 6.45) is 0. The first-order valence-electron chi connectivity index (χ1n) is 5.63. The minimum atomic E-state index is -1.10. The first-order valence-corrected chi connectivity index (χ1v) is 6.39. The summed E-state index contributed by atoms with van der Waals surface area (Å²) in [4.78, 5) is 10.5. The molecule has 0 bridgehead atoms. The average molecular weight is 313 g/mol. The fourth-order valence-corrected chi connectivity index (χ4v) is 1.97. The van der Waals surface area contributed by atoms with E-state index < -0.39 is 12.6 Å². The lowest BCUT2D eigenvalue weighted by atomic mass is 10.3. The van der Waals surface area contributed by atoms with Crippen LogP contribution in [0.2, 0.25) is 10.0 Å². The van der Waals surface area contributed by atoms with Gasteiger partial charge in [-0.3, -0.25) is 0 Å². The van der Waals surface area contributed by atoms with Gasteiger partial charge in [-0.25, -0.2) is 4.79 Å². The van der Waals surface area contributed by atoms with Crippen molar-refractivity contribution in [2.24, 2.45) is 0 Å². The second kappa shape index (κ2) is 6.50. The van der Waals surface area contributed by atoms with Gasteiger partial charge >= 0.3 is 5.97 Å². The molecule has 0 aliphatic rings. The van der Waals surface area contributed by atoms with Crippen LogP contribution in [-0.4, -0.2) is 17.7 Å². The number of carbonyl (C=O) groups is 1. The van der Waals surface area contributed by atoms with Gasteiger partial charge in [0.2, 0.25) is 0 Å². The van der Waals surface area contributed by atoms with Gasteiger partial charge in [0.05, 0.1) is 5.02 Å². The Balaban J connectivity index is 2.27. The summed E-state index contributed by atoms with van der Waals surface area (Å²) in [7, 11) is 0. The van der Waals surface area contributed by atoms with Gasteiger partial charge in [0.25, 0.3) is 0 Å². The Bertz CT molecular complexity index is 614. The number of rotatable bonds is 5. The zero-order valence-electron chi connectivity index (χ0n) is 10.2. The Morgan fingerprint density at radius 2 is 1.80 bits per heavy atom. The predicted molar refractivity (Wildman–Crippen MR) is 76.1 cm³/mol. The molecule has 0 fully saturated rings. The highest BCUT2D eigenvalue weighted by atomic mass is 35.5. The maximum absolute atomic E-state index is 10.5. The zero-order chi connectivity index (χ0) is 14.5. The topological polar surface area (TPSA) is 55.8 Å². The number of aliphatic carboxylic acids is 1. The molecule has 2 aromatic carbocycles. The molecule has 0 aliphatic heterocycles. The number of carboxylic acids is 1. The molecule has 2 aromatic rings. The SMILES string of the molecule is O=C(O)COc1ccc(Cl)c(Oc2ccccc2)c1Cl. The molecule has 2 rings (SSSR count). The van der Waals surface area contributed by atoms with Gasteiger partial charge in [-0.05, 0) is 24.3 Å². The first kappa shape index (κ1) is 14.5. The number of hydrogen-bond acceptors (Lipinski definition) is 3. The molecule has 0 saturated carbocycles. The van der Waals surface area contributed by atoms with E-state index in [0.717, 1.165) is 0 Å². The molecule has 0 unspecified atom stereocenters. The Hall–Kier alpha value is -1.91. The first-order chi connectivity index (χ1) is 9.58. The predicted octanol–water partition coefficient (Wildman–Crippen LogP) is 4.25. The molecule has 0 aromatic heterocycles. The molecule has 0 radical (unpaired) electrons. The summed E-state index contributed by atoms with van der Waals surface area (Å²) in [5.41, 5.74) is 0. The third kappa shape index (κ3) is 3.56. The van der Waals surface area contributed by atoms with E-state index >= 15 is 0 Å². The van der Waals surface area contributed by atoms with Gasteiger partial charge in [0, 0.05) is 0 Å². The van der Waals surface area contributed by atoms with Crippen LogP contribution in [0.15, 0.2) is 42.5 Å². The molecule has 0 heterocycles. The lowest BCUT2D eigenvalue weighted by Crippen LogP contribution is -2.09.